The van der Waals surface area contributed by atoms with E-state index in [1.165, 1.54) is 11.8 Å². The van der Waals surface area contributed by atoms with Crippen LogP contribution in [0.25, 0.3) is 11.1 Å². The Morgan fingerprint density at radius 1 is 1.21 bits per heavy atom. The normalized spacial score (nSPS) is 10.9. The molecule has 0 radical (unpaired) electrons. The van der Waals surface area contributed by atoms with Gasteiger partial charge in [0.2, 0.25) is 5.91 Å². The monoisotopic (exact) mass is 380 g/mol. The molecule has 124 valence electrons. The molecule has 1 amide bonds. The summed E-state index contributed by atoms with van der Waals surface area (Å²) in [6, 6.07) is 12.9. The minimum atomic E-state index is -0.0765. The molecule has 3 rings (SSSR count). The first kappa shape index (κ1) is 17.1. The number of carbonyl (C=O) groups excluding carboxylic acids is 1. The van der Waals surface area contributed by atoms with E-state index in [1.54, 1.807) is 12.1 Å². The zero-order chi connectivity index (χ0) is 16.9. The standard InChI is InChI=1S/C17H14Cl2N2O2S/c18-12-6-5-11(13(19)9-12)7-8-20-16(22)10-24-17-21-14-3-1-2-4-15(14)23-17/h1-6,9H,7-8,10H2,(H,20,22). The highest BCUT2D eigenvalue weighted by Gasteiger charge is 2.09. The van der Waals surface area contributed by atoms with Gasteiger partial charge in [-0.1, -0.05) is 53.2 Å². The molecule has 1 heterocycles. The number of amides is 1. The van der Waals surface area contributed by atoms with Crippen LogP contribution in [0.3, 0.4) is 0 Å². The molecule has 0 aliphatic carbocycles. The maximum atomic E-state index is 11.9. The Balaban J connectivity index is 1.45. The van der Waals surface area contributed by atoms with E-state index >= 15 is 0 Å². The van der Waals surface area contributed by atoms with Gasteiger partial charge in [-0.25, -0.2) is 4.98 Å². The average Bonchev–Trinajstić information content (AvgIpc) is 2.98. The number of rotatable bonds is 6. The van der Waals surface area contributed by atoms with Crippen LogP contribution in [0.5, 0.6) is 0 Å². The summed E-state index contributed by atoms with van der Waals surface area (Å²) in [5.74, 6) is 0.175. The molecule has 0 saturated heterocycles. The van der Waals surface area contributed by atoms with Crippen LogP contribution in [0.1, 0.15) is 5.56 Å². The Morgan fingerprint density at radius 3 is 2.83 bits per heavy atom. The fraction of sp³-hybridized carbons (Fsp3) is 0.176. The molecule has 3 aromatic rings. The molecule has 0 aliphatic heterocycles. The molecule has 0 unspecified atom stereocenters. The van der Waals surface area contributed by atoms with Gasteiger partial charge in [0.25, 0.3) is 5.22 Å². The zero-order valence-electron chi connectivity index (χ0n) is 12.6. The lowest BCUT2D eigenvalue weighted by atomic mass is 10.1. The highest BCUT2D eigenvalue weighted by Crippen LogP contribution is 2.23. The van der Waals surface area contributed by atoms with Gasteiger partial charge in [0, 0.05) is 16.6 Å². The fourth-order valence-corrected chi connectivity index (χ4v) is 3.32. The van der Waals surface area contributed by atoms with Gasteiger partial charge in [0.15, 0.2) is 5.58 Å². The zero-order valence-corrected chi connectivity index (χ0v) is 14.9. The SMILES string of the molecule is O=C(CSc1nc2ccccc2o1)NCCc1ccc(Cl)cc1Cl. The van der Waals surface area contributed by atoms with E-state index in [0.717, 1.165) is 16.7 Å². The van der Waals surface area contributed by atoms with Gasteiger partial charge in [-0.3, -0.25) is 4.79 Å². The van der Waals surface area contributed by atoms with Crippen molar-refractivity contribution in [1.82, 2.24) is 10.3 Å². The van der Waals surface area contributed by atoms with Crippen molar-refractivity contribution in [1.29, 1.82) is 0 Å². The van der Waals surface area contributed by atoms with Gasteiger partial charge in [-0.05, 0) is 36.2 Å². The number of halogens is 2. The summed E-state index contributed by atoms with van der Waals surface area (Å²) < 4.78 is 5.56. The van der Waals surface area contributed by atoms with Gasteiger partial charge in [0.05, 0.1) is 5.75 Å². The Bertz CT molecular complexity index is 834. The number of carbonyl (C=O) groups is 1. The number of thioether (sulfide) groups is 1. The van der Waals surface area contributed by atoms with Crippen molar-refractivity contribution in [3.8, 4) is 0 Å². The average molecular weight is 381 g/mol. The molecule has 0 fully saturated rings. The predicted molar refractivity (Wildman–Crippen MR) is 97.9 cm³/mol. The molecule has 1 aromatic heterocycles. The summed E-state index contributed by atoms with van der Waals surface area (Å²) in [5, 5.41) is 4.56. The molecule has 24 heavy (non-hydrogen) atoms. The van der Waals surface area contributed by atoms with Gasteiger partial charge < -0.3 is 9.73 Å². The topological polar surface area (TPSA) is 55.1 Å². The van der Waals surface area contributed by atoms with Gasteiger partial charge in [0.1, 0.15) is 5.52 Å². The predicted octanol–water partition coefficient (Wildman–Crippen LogP) is 4.59. The number of aromatic nitrogens is 1. The number of benzene rings is 2. The van der Waals surface area contributed by atoms with Crippen LogP contribution in [0.2, 0.25) is 10.0 Å². The minimum absolute atomic E-state index is 0.0765. The van der Waals surface area contributed by atoms with Crippen LogP contribution >= 0.6 is 35.0 Å². The van der Waals surface area contributed by atoms with E-state index in [0.29, 0.717) is 28.2 Å². The molecule has 0 aliphatic rings. The smallest absolute Gasteiger partial charge is 0.257 e. The van der Waals surface area contributed by atoms with Crippen LogP contribution in [-0.2, 0) is 11.2 Å². The number of hydrogen-bond acceptors (Lipinski definition) is 4. The summed E-state index contributed by atoms with van der Waals surface area (Å²) >= 11 is 13.2. The summed E-state index contributed by atoms with van der Waals surface area (Å²) in [6.07, 6.45) is 0.648. The first-order valence-corrected chi connectivity index (χ1v) is 9.05. The Labute approximate surface area is 153 Å². The highest BCUT2D eigenvalue weighted by molar-refractivity contribution is 7.99. The number of nitrogens with one attached hydrogen (secondary N) is 1. The van der Waals surface area contributed by atoms with E-state index in [4.69, 9.17) is 27.6 Å². The summed E-state index contributed by atoms with van der Waals surface area (Å²) in [6.45, 7) is 0.508. The quantitative estimate of drug-likeness (QED) is 0.635. The second kappa shape index (κ2) is 7.92. The molecule has 7 heteroatoms. The third-order valence-electron chi connectivity index (χ3n) is 3.33. The molecular formula is C17H14Cl2N2O2S. The second-order valence-corrected chi connectivity index (χ2v) is 6.84. The van der Waals surface area contributed by atoms with E-state index in [-0.39, 0.29) is 11.7 Å². The van der Waals surface area contributed by atoms with Crippen molar-refractivity contribution in [2.45, 2.75) is 11.6 Å². The van der Waals surface area contributed by atoms with Crippen molar-refractivity contribution >= 4 is 52.0 Å². The van der Waals surface area contributed by atoms with E-state index in [2.05, 4.69) is 10.3 Å². The maximum Gasteiger partial charge on any atom is 0.257 e. The minimum Gasteiger partial charge on any atom is -0.431 e. The van der Waals surface area contributed by atoms with Crippen molar-refractivity contribution in [3.05, 3.63) is 58.1 Å². The highest BCUT2D eigenvalue weighted by atomic mass is 35.5. The van der Waals surface area contributed by atoms with Gasteiger partial charge >= 0.3 is 0 Å². The first-order chi connectivity index (χ1) is 11.6. The number of nitrogens with zero attached hydrogens (tertiary/aromatic N) is 1. The number of hydrogen-bond donors (Lipinski definition) is 1. The van der Waals surface area contributed by atoms with E-state index in [1.807, 2.05) is 30.3 Å². The fourth-order valence-electron chi connectivity index (χ4n) is 2.15. The van der Waals surface area contributed by atoms with Crippen LogP contribution in [-0.4, -0.2) is 23.2 Å². The summed E-state index contributed by atoms with van der Waals surface area (Å²) in [5.41, 5.74) is 2.46. The summed E-state index contributed by atoms with van der Waals surface area (Å²) in [4.78, 5) is 16.2. The van der Waals surface area contributed by atoms with Crippen molar-refractivity contribution in [2.75, 3.05) is 12.3 Å². The van der Waals surface area contributed by atoms with Crippen LogP contribution in [0.4, 0.5) is 0 Å². The summed E-state index contributed by atoms with van der Waals surface area (Å²) in [7, 11) is 0. The molecular weight excluding hydrogens is 367 g/mol. The van der Waals surface area contributed by atoms with Crippen molar-refractivity contribution in [3.63, 3.8) is 0 Å². The lowest BCUT2D eigenvalue weighted by Gasteiger charge is -2.06. The largest absolute Gasteiger partial charge is 0.431 e. The number of oxazole rings is 1. The molecule has 0 spiro atoms. The lowest BCUT2D eigenvalue weighted by molar-refractivity contribution is -0.118. The van der Waals surface area contributed by atoms with Crippen LogP contribution in [0.15, 0.2) is 52.1 Å². The first-order valence-electron chi connectivity index (χ1n) is 7.31. The van der Waals surface area contributed by atoms with E-state index in [9.17, 15) is 4.79 Å². The molecule has 0 bridgehead atoms. The maximum absolute atomic E-state index is 11.9. The van der Waals surface area contributed by atoms with Crippen molar-refractivity contribution < 1.29 is 9.21 Å². The second-order valence-electron chi connectivity index (χ2n) is 5.07. The number of para-hydroxylation sites is 2. The third-order valence-corrected chi connectivity index (χ3v) is 4.75. The number of fused-ring (bicyclic) bond motifs is 1. The van der Waals surface area contributed by atoms with Gasteiger partial charge in [-0.15, -0.1) is 0 Å². The van der Waals surface area contributed by atoms with Gasteiger partial charge in [-0.2, -0.15) is 0 Å². The molecule has 4 nitrogen and oxygen atoms in total. The Kier molecular flexibility index (Phi) is 5.66. The van der Waals surface area contributed by atoms with E-state index < -0.39 is 0 Å². The molecule has 0 atom stereocenters. The van der Waals surface area contributed by atoms with Crippen molar-refractivity contribution in [2.24, 2.45) is 0 Å². The molecule has 0 saturated carbocycles. The lowest BCUT2D eigenvalue weighted by Crippen LogP contribution is -2.27. The molecule has 2 aromatic carbocycles. The van der Waals surface area contributed by atoms with Crippen LogP contribution in [0, 0.1) is 0 Å². The third kappa shape index (κ3) is 4.44. The Morgan fingerprint density at radius 2 is 2.04 bits per heavy atom. The molecule has 1 N–H and O–H groups in total. The Hall–Kier alpha value is -1.69. The van der Waals surface area contributed by atoms with Crippen LogP contribution < -0.4 is 5.32 Å².